The Balaban J connectivity index is 1.81. The summed E-state index contributed by atoms with van der Waals surface area (Å²) < 4.78 is 2.29. The van der Waals surface area contributed by atoms with E-state index in [1.165, 1.54) is 22.7 Å². The lowest BCUT2D eigenvalue weighted by Gasteiger charge is -2.12. The average molecular weight is 315 g/mol. The molecule has 0 aliphatic rings. The Bertz CT molecular complexity index is 979. The van der Waals surface area contributed by atoms with Crippen molar-refractivity contribution in [1.82, 2.24) is 9.55 Å². The molecule has 1 N–H and O–H groups in total. The highest BCUT2D eigenvalue weighted by Gasteiger charge is 2.11. The van der Waals surface area contributed by atoms with Crippen LogP contribution in [-0.2, 0) is 6.54 Å². The lowest BCUT2D eigenvalue weighted by molar-refractivity contribution is 0.652. The third kappa shape index (κ3) is 2.62. The van der Waals surface area contributed by atoms with Gasteiger partial charge >= 0.3 is 0 Å². The molecule has 0 amide bonds. The maximum absolute atomic E-state index is 4.82. The van der Waals surface area contributed by atoms with Gasteiger partial charge in [0.05, 0.1) is 11.0 Å². The van der Waals surface area contributed by atoms with Gasteiger partial charge in [-0.1, -0.05) is 61.9 Å². The van der Waals surface area contributed by atoms with Crippen molar-refractivity contribution in [2.45, 2.75) is 26.3 Å². The monoisotopic (exact) mass is 315 g/mol. The van der Waals surface area contributed by atoms with Crippen LogP contribution in [0.1, 0.15) is 19.8 Å². The molecule has 0 spiro atoms. The predicted molar refractivity (Wildman–Crippen MR) is 102 cm³/mol. The third-order valence-corrected chi connectivity index (χ3v) is 4.43. The number of fused-ring (bicyclic) bond motifs is 2. The molecule has 24 heavy (non-hydrogen) atoms. The summed E-state index contributed by atoms with van der Waals surface area (Å²) in [6.07, 6.45) is 2.31. The van der Waals surface area contributed by atoms with Gasteiger partial charge in [-0.25, -0.2) is 4.98 Å². The number of rotatable bonds is 5. The van der Waals surface area contributed by atoms with Gasteiger partial charge in [-0.05, 0) is 30.0 Å². The number of nitrogens with one attached hydrogen (secondary N) is 1. The molecule has 1 aromatic heterocycles. The van der Waals surface area contributed by atoms with E-state index in [0.29, 0.717) is 0 Å². The molecule has 0 aliphatic carbocycles. The number of para-hydroxylation sites is 2. The van der Waals surface area contributed by atoms with Crippen molar-refractivity contribution in [3.05, 3.63) is 66.7 Å². The van der Waals surface area contributed by atoms with Gasteiger partial charge in [0.2, 0.25) is 5.95 Å². The van der Waals surface area contributed by atoms with Crippen molar-refractivity contribution in [2.24, 2.45) is 0 Å². The first-order valence-electron chi connectivity index (χ1n) is 8.57. The number of nitrogens with zero attached hydrogens (tertiary/aromatic N) is 2. The van der Waals surface area contributed by atoms with E-state index in [0.717, 1.165) is 30.1 Å². The molecule has 0 unspecified atom stereocenters. The van der Waals surface area contributed by atoms with Gasteiger partial charge in [0.15, 0.2) is 0 Å². The summed E-state index contributed by atoms with van der Waals surface area (Å²) in [4.78, 5) is 4.82. The average Bonchev–Trinajstić information content (AvgIpc) is 2.97. The largest absolute Gasteiger partial charge is 0.325 e. The van der Waals surface area contributed by atoms with Crippen LogP contribution in [0.25, 0.3) is 21.8 Å². The Morgan fingerprint density at radius 2 is 1.71 bits per heavy atom. The van der Waals surface area contributed by atoms with Crippen molar-refractivity contribution in [3.63, 3.8) is 0 Å². The van der Waals surface area contributed by atoms with Crippen molar-refractivity contribution < 1.29 is 0 Å². The zero-order valence-corrected chi connectivity index (χ0v) is 13.9. The second-order valence-electron chi connectivity index (χ2n) is 6.08. The highest BCUT2D eigenvalue weighted by atomic mass is 15.2. The molecule has 3 aromatic carbocycles. The molecule has 4 rings (SSSR count). The molecule has 0 bridgehead atoms. The molecule has 1 heterocycles. The van der Waals surface area contributed by atoms with E-state index in [1.807, 2.05) is 6.07 Å². The molecule has 3 nitrogen and oxygen atoms in total. The van der Waals surface area contributed by atoms with Crippen LogP contribution in [0.3, 0.4) is 0 Å². The topological polar surface area (TPSA) is 29.9 Å². The van der Waals surface area contributed by atoms with E-state index in [-0.39, 0.29) is 0 Å². The molecule has 0 saturated heterocycles. The van der Waals surface area contributed by atoms with E-state index < -0.39 is 0 Å². The second-order valence-corrected chi connectivity index (χ2v) is 6.08. The van der Waals surface area contributed by atoms with Crippen LogP contribution in [0, 0.1) is 0 Å². The fourth-order valence-electron chi connectivity index (χ4n) is 3.17. The molecule has 0 aliphatic heterocycles. The number of anilines is 2. The van der Waals surface area contributed by atoms with Crippen LogP contribution in [0.15, 0.2) is 66.7 Å². The molecular formula is C21H21N3. The lowest BCUT2D eigenvalue weighted by Crippen LogP contribution is -2.04. The number of benzene rings is 3. The van der Waals surface area contributed by atoms with Crippen LogP contribution >= 0.6 is 0 Å². The maximum Gasteiger partial charge on any atom is 0.208 e. The summed E-state index contributed by atoms with van der Waals surface area (Å²) >= 11 is 0. The summed E-state index contributed by atoms with van der Waals surface area (Å²) in [6.45, 7) is 3.20. The van der Waals surface area contributed by atoms with Gasteiger partial charge in [0.1, 0.15) is 0 Å². The molecular weight excluding hydrogens is 294 g/mol. The summed E-state index contributed by atoms with van der Waals surface area (Å²) in [7, 11) is 0. The molecule has 3 heteroatoms. The number of unbranched alkanes of at least 4 members (excludes halogenated alkanes) is 1. The first-order valence-corrected chi connectivity index (χ1v) is 8.57. The van der Waals surface area contributed by atoms with E-state index >= 15 is 0 Å². The van der Waals surface area contributed by atoms with Crippen LogP contribution in [0.4, 0.5) is 11.6 Å². The first kappa shape index (κ1) is 14.8. The van der Waals surface area contributed by atoms with Crippen molar-refractivity contribution in [2.75, 3.05) is 5.32 Å². The van der Waals surface area contributed by atoms with Gasteiger partial charge < -0.3 is 9.88 Å². The molecule has 0 fully saturated rings. The molecule has 4 aromatic rings. The number of hydrogen-bond donors (Lipinski definition) is 1. The summed E-state index contributed by atoms with van der Waals surface area (Å²) in [5, 5.41) is 6.02. The van der Waals surface area contributed by atoms with Crippen LogP contribution in [0.2, 0.25) is 0 Å². The van der Waals surface area contributed by atoms with E-state index in [1.54, 1.807) is 0 Å². The van der Waals surface area contributed by atoms with Crippen LogP contribution in [0.5, 0.6) is 0 Å². The normalized spacial score (nSPS) is 11.2. The van der Waals surface area contributed by atoms with Crippen LogP contribution in [-0.4, -0.2) is 9.55 Å². The summed E-state index contributed by atoms with van der Waals surface area (Å²) in [6, 6.07) is 23.1. The van der Waals surface area contributed by atoms with Crippen LogP contribution < -0.4 is 5.32 Å². The van der Waals surface area contributed by atoms with Gasteiger partial charge in [0, 0.05) is 17.6 Å². The Morgan fingerprint density at radius 1 is 0.917 bits per heavy atom. The van der Waals surface area contributed by atoms with Crippen molar-refractivity contribution in [1.29, 1.82) is 0 Å². The minimum absolute atomic E-state index is 0.918. The number of hydrogen-bond acceptors (Lipinski definition) is 2. The van der Waals surface area contributed by atoms with E-state index in [9.17, 15) is 0 Å². The Morgan fingerprint density at radius 3 is 2.62 bits per heavy atom. The van der Waals surface area contributed by atoms with Gasteiger partial charge in [-0.3, -0.25) is 0 Å². The van der Waals surface area contributed by atoms with E-state index in [2.05, 4.69) is 77.5 Å². The number of aryl methyl sites for hydroxylation is 1. The zero-order valence-electron chi connectivity index (χ0n) is 13.9. The number of aromatic nitrogens is 2. The Labute approximate surface area is 142 Å². The molecule has 0 radical (unpaired) electrons. The summed E-state index contributed by atoms with van der Waals surface area (Å²) in [5.74, 6) is 0.918. The standard InChI is InChI=1S/C21H21N3/c1-2-3-15-24-20-14-7-6-12-19(20)23-21(24)22-18-13-8-10-16-9-4-5-11-17(16)18/h4-14H,2-3,15H2,1H3,(H,22,23). The third-order valence-electron chi connectivity index (χ3n) is 4.43. The van der Waals surface area contributed by atoms with E-state index in [4.69, 9.17) is 4.98 Å². The fraction of sp³-hybridized carbons (Fsp3) is 0.190. The molecule has 120 valence electrons. The molecule has 0 saturated carbocycles. The molecule has 0 atom stereocenters. The minimum Gasteiger partial charge on any atom is -0.325 e. The maximum atomic E-state index is 4.82. The number of imidazole rings is 1. The minimum atomic E-state index is 0.918. The highest BCUT2D eigenvalue weighted by Crippen LogP contribution is 2.28. The predicted octanol–water partition coefficient (Wildman–Crippen LogP) is 5.73. The highest BCUT2D eigenvalue weighted by molar-refractivity contribution is 5.95. The first-order chi connectivity index (χ1) is 11.9. The SMILES string of the molecule is CCCCn1c(Nc2cccc3ccccc23)nc2ccccc21. The smallest absolute Gasteiger partial charge is 0.208 e. The van der Waals surface area contributed by atoms with Gasteiger partial charge in [-0.2, -0.15) is 0 Å². The van der Waals surface area contributed by atoms with Crippen molar-refractivity contribution >= 4 is 33.4 Å². The van der Waals surface area contributed by atoms with Crippen molar-refractivity contribution in [3.8, 4) is 0 Å². The summed E-state index contributed by atoms with van der Waals surface area (Å²) in [5.41, 5.74) is 3.33. The quantitative estimate of drug-likeness (QED) is 0.509. The zero-order chi connectivity index (χ0) is 16.4. The van der Waals surface area contributed by atoms with Gasteiger partial charge in [-0.15, -0.1) is 0 Å². The lowest BCUT2D eigenvalue weighted by atomic mass is 10.1. The second kappa shape index (κ2) is 6.36. The Hall–Kier alpha value is -2.81. The van der Waals surface area contributed by atoms with Gasteiger partial charge in [0.25, 0.3) is 0 Å². The fourth-order valence-corrected chi connectivity index (χ4v) is 3.17. The Kier molecular flexibility index (Phi) is 3.91.